The number of thioether (sulfide) groups is 1. The summed E-state index contributed by atoms with van der Waals surface area (Å²) in [6.07, 6.45) is 5.55. The third-order valence-electron chi connectivity index (χ3n) is 4.99. The fourth-order valence-electron chi connectivity index (χ4n) is 3.38. The number of thiocarbonyl (C=S) groups is 1. The van der Waals surface area contributed by atoms with Gasteiger partial charge in [0, 0.05) is 28.7 Å². The molecule has 2 amide bonds. The van der Waals surface area contributed by atoms with Crippen molar-refractivity contribution in [3.8, 4) is 11.5 Å². The number of likely N-dealkylation sites (N-methyl/N-ethyl adjacent to an activating group) is 1. The van der Waals surface area contributed by atoms with E-state index >= 15 is 0 Å². The Morgan fingerprint density at radius 3 is 2.39 bits per heavy atom. The molecule has 0 N–H and O–H groups in total. The van der Waals surface area contributed by atoms with Gasteiger partial charge in [0.15, 0.2) is 11.5 Å². The zero-order valence-corrected chi connectivity index (χ0v) is 21.7. The van der Waals surface area contributed by atoms with Crippen LogP contribution in [0.5, 0.6) is 11.5 Å². The van der Waals surface area contributed by atoms with Crippen LogP contribution < -0.4 is 9.47 Å². The SMILES string of the molecule is CCOc1cc2cc(C=CC=C3SC(=S)N(CC(=O)N(CC)CC)C3=O)sc2cc1OCC. The summed E-state index contributed by atoms with van der Waals surface area (Å²) in [5, 5.41) is 1.08. The van der Waals surface area contributed by atoms with Crippen LogP contribution in [-0.2, 0) is 9.59 Å². The van der Waals surface area contributed by atoms with Crippen LogP contribution in [-0.4, -0.2) is 58.8 Å². The number of amides is 2. The van der Waals surface area contributed by atoms with E-state index in [0.717, 1.165) is 26.5 Å². The topological polar surface area (TPSA) is 59.1 Å². The molecule has 1 aliphatic heterocycles. The van der Waals surface area contributed by atoms with Gasteiger partial charge in [0.05, 0.1) is 18.1 Å². The quantitative estimate of drug-likeness (QED) is 0.322. The molecule has 176 valence electrons. The zero-order valence-electron chi connectivity index (χ0n) is 19.3. The molecule has 1 aliphatic rings. The van der Waals surface area contributed by atoms with Crippen molar-refractivity contribution in [3.63, 3.8) is 0 Å². The number of hydrogen-bond donors (Lipinski definition) is 0. The summed E-state index contributed by atoms with van der Waals surface area (Å²) in [5.74, 6) is 1.15. The standard InChI is InChI=1S/C24H28N2O4S3/c1-5-25(6-2)22(27)15-26-23(28)20(33-24(26)31)11-9-10-17-12-16-13-18(29-7-3)19(30-8-4)14-21(16)32-17/h9-14H,5-8,15H2,1-4H3. The van der Waals surface area contributed by atoms with Crippen LogP contribution in [0.4, 0.5) is 0 Å². The van der Waals surface area contributed by atoms with Crippen molar-refractivity contribution >= 4 is 67.6 Å². The second-order valence-corrected chi connectivity index (χ2v) is 9.86. The van der Waals surface area contributed by atoms with Crippen molar-refractivity contribution in [1.29, 1.82) is 0 Å². The minimum atomic E-state index is -0.228. The number of hydrogen-bond acceptors (Lipinski definition) is 7. The van der Waals surface area contributed by atoms with E-state index < -0.39 is 0 Å². The molecule has 1 fully saturated rings. The third-order valence-corrected chi connectivity index (χ3v) is 7.45. The molecule has 33 heavy (non-hydrogen) atoms. The van der Waals surface area contributed by atoms with E-state index in [1.807, 2.05) is 52.0 Å². The number of fused-ring (bicyclic) bond motifs is 1. The van der Waals surface area contributed by atoms with Crippen molar-refractivity contribution in [1.82, 2.24) is 9.80 Å². The Bertz CT molecular complexity index is 1060. The molecule has 1 saturated heterocycles. The van der Waals surface area contributed by atoms with Crippen molar-refractivity contribution in [3.05, 3.63) is 40.1 Å². The Morgan fingerprint density at radius 2 is 1.76 bits per heavy atom. The zero-order chi connectivity index (χ0) is 24.0. The monoisotopic (exact) mass is 504 g/mol. The first-order valence-corrected chi connectivity index (χ1v) is 13.0. The average Bonchev–Trinajstić information content (AvgIpc) is 3.30. The second kappa shape index (κ2) is 11.7. The smallest absolute Gasteiger partial charge is 0.266 e. The van der Waals surface area contributed by atoms with E-state index in [2.05, 4.69) is 6.07 Å². The summed E-state index contributed by atoms with van der Waals surface area (Å²) in [7, 11) is 0. The van der Waals surface area contributed by atoms with Gasteiger partial charge in [-0.15, -0.1) is 11.3 Å². The van der Waals surface area contributed by atoms with Crippen LogP contribution >= 0.6 is 35.3 Å². The molecular weight excluding hydrogens is 476 g/mol. The summed E-state index contributed by atoms with van der Waals surface area (Å²) >= 11 is 8.20. The van der Waals surface area contributed by atoms with E-state index in [1.54, 1.807) is 22.3 Å². The number of allylic oxidation sites excluding steroid dienone is 2. The van der Waals surface area contributed by atoms with Gasteiger partial charge in [-0.3, -0.25) is 14.5 Å². The highest BCUT2D eigenvalue weighted by molar-refractivity contribution is 8.26. The second-order valence-electron chi connectivity index (χ2n) is 7.07. The number of benzene rings is 1. The van der Waals surface area contributed by atoms with Gasteiger partial charge in [0.1, 0.15) is 10.9 Å². The average molecular weight is 505 g/mol. The van der Waals surface area contributed by atoms with Gasteiger partial charge < -0.3 is 14.4 Å². The largest absolute Gasteiger partial charge is 0.490 e. The predicted octanol–water partition coefficient (Wildman–Crippen LogP) is 5.32. The first-order chi connectivity index (χ1) is 15.9. The molecule has 0 spiro atoms. The molecule has 0 atom stereocenters. The van der Waals surface area contributed by atoms with E-state index in [0.29, 0.717) is 35.5 Å². The van der Waals surface area contributed by atoms with Gasteiger partial charge in [-0.1, -0.05) is 30.1 Å². The van der Waals surface area contributed by atoms with Crippen LogP contribution in [0.1, 0.15) is 32.6 Å². The van der Waals surface area contributed by atoms with E-state index in [4.69, 9.17) is 21.7 Å². The van der Waals surface area contributed by atoms with Crippen LogP contribution in [0.25, 0.3) is 16.2 Å². The Labute approximate surface area is 208 Å². The molecular formula is C24H28N2O4S3. The lowest BCUT2D eigenvalue weighted by atomic mass is 10.2. The molecule has 0 radical (unpaired) electrons. The van der Waals surface area contributed by atoms with Crippen LogP contribution in [0.2, 0.25) is 0 Å². The highest BCUT2D eigenvalue weighted by Crippen LogP contribution is 2.37. The highest BCUT2D eigenvalue weighted by atomic mass is 32.2. The van der Waals surface area contributed by atoms with Gasteiger partial charge in [-0.2, -0.15) is 0 Å². The van der Waals surface area contributed by atoms with Gasteiger partial charge in [0.25, 0.3) is 5.91 Å². The number of thiophene rings is 1. The molecule has 0 aliphatic carbocycles. The number of ether oxygens (including phenoxy) is 2. The van der Waals surface area contributed by atoms with Crippen molar-refractivity contribution in [2.75, 3.05) is 32.8 Å². The Kier molecular flexibility index (Phi) is 8.94. The maximum atomic E-state index is 12.8. The lowest BCUT2D eigenvalue weighted by molar-refractivity contribution is -0.135. The summed E-state index contributed by atoms with van der Waals surface area (Å²) in [6.45, 7) is 10.1. The fourth-order valence-corrected chi connectivity index (χ4v) is 5.57. The summed E-state index contributed by atoms with van der Waals surface area (Å²) in [6, 6.07) is 6.08. The molecule has 1 aromatic carbocycles. The first-order valence-electron chi connectivity index (χ1n) is 10.9. The van der Waals surface area contributed by atoms with Gasteiger partial charge in [-0.05, 0) is 57.4 Å². The first kappa shape index (κ1) is 25.3. The van der Waals surface area contributed by atoms with Gasteiger partial charge in [-0.25, -0.2) is 0 Å². The Morgan fingerprint density at radius 1 is 1.09 bits per heavy atom. The van der Waals surface area contributed by atoms with Crippen molar-refractivity contribution < 1.29 is 19.1 Å². The molecule has 2 heterocycles. The lowest BCUT2D eigenvalue weighted by Gasteiger charge is -2.22. The molecule has 0 bridgehead atoms. The summed E-state index contributed by atoms with van der Waals surface area (Å²) < 4.78 is 12.9. The van der Waals surface area contributed by atoms with Crippen molar-refractivity contribution in [2.45, 2.75) is 27.7 Å². The Balaban J connectivity index is 1.74. The number of rotatable bonds is 10. The lowest BCUT2D eigenvalue weighted by Crippen LogP contribution is -2.41. The van der Waals surface area contributed by atoms with Crippen LogP contribution in [0, 0.1) is 0 Å². The number of nitrogens with zero attached hydrogens (tertiary/aromatic N) is 2. The molecule has 6 nitrogen and oxygen atoms in total. The van der Waals surface area contributed by atoms with Crippen molar-refractivity contribution in [2.24, 2.45) is 0 Å². The van der Waals surface area contributed by atoms with Gasteiger partial charge >= 0.3 is 0 Å². The number of carbonyl (C=O) groups is 2. The Hall–Kier alpha value is -2.36. The molecule has 0 saturated carbocycles. The molecule has 1 aromatic heterocycles. The normalized spacial score (nSPS) is 15.3. The predicted molar refractivity (Wildman–Crippen MR) is 141 cm³/mol. The molecule has 3 rings (SSSR count). The molecule has 9 heteroatoms. The van der Waals surface area contributed by atoms with Crippen LogP contribution in [0.15, 0.2) is 35.3 Å². The van der Waals surface area contributed by atoms with E-state index in [-0.39, 0.29) is 18.4 Å². The van der Waals surface area contributed by atoms with Crippen LogP contribution in [0.3, 0.4) is 0 Å². The van der Waals surface area contributed by atoms with Gasteiger partial charge in [0.2, 0.25) is 5.91 Å². The number of carbonyl (C=O) groups excluding carboxylic acids is 2. The fraction of sp³-hybridized carbons (Fsp3) is 0.375. The maximum absolute atomic E-state index is 12.8. The third kappa shape index (κ3) is 5.96. The molecule has 2 aromatic rings. The summed E-state index contributed by atoms with van der Waals surface area (Å²) in [5.41, 5.74) is 0. The summed E-state index contributed by atoms with van der Waals surface area (Å²) in [4.78, 5) is 29.8. The minimum Gasteiger partial charge on any atom is -0.490 e. The van der Waals surface area contributed by atoms with E-state index in [9.17, 15) is 9.59 Å². The van der Waals surface area contributed by atoms with E-state index in [1.165, 1.54) is 16.7 Å². The minimum absolute atomic E-state index is 0.0198. The highest BCUT2D eigenvalue weighted by Gasteiger charge is 2.33. The molecule has 0 unspecified atom stereocenters. The maximum Gasteiger partial charge on any atom is 0.266 e.